The Hall–Kier alpha value is -0.730. The van der Waals surface area contributed by atoms with Crippen molar-refractivity contribution in [1.29, 1.82) is 0 Å². The van der Waals surface area contributed by atoms with Crippen LogP contribution in [0.2, 0.25) is 0 Å². The minimum atomic E-state index is 0. The van der Waals surface area contributed by atoms with Gasteiger partial charge in [-0.15, -0.1) is 12.4 Å². The highest BCUT2D eigenvalue weighted by molar-refractivity contribution is 5.85. The van der Waals surface area contributed by atoms with Gasteiger partial charge in [-0.2, -0.15) is 0 Å². The summed E-state index contributed by atoms with van der Waals surface area (Å²) in [6, 6.07) is 8.69. The predicted molar refractivity (Wildman–Crippen MR) is 88.2 cm³/mol. The maximum Gasteiger partial charge on any atom is 0.119 e. The molecule has 0 bridgehead atoms. The molecular formula is C17H28ClNO. The van der Waals surface area contributed by atoms with Crippen molar-refractivity contribution in [2.45, 2.75) is 52.1 Å². The summed E-state index contributed by atoms with van der Waals surface area (Å²) >= 11 is 0. The van der Waals surface area contributed by atoms with Gasteiger partial charge >= 0.3 is 0 Å². The van der Waals surface area contributed by atoms with Crippen molar-refractivity contribution in [3.05, 3.63) is 29.8 Å². The molecule has 20 heavy (non-hydrogen) atoms. The van der Waals surface area contributed by atoms with Gasteiger partial charge in [0.25, 0.3) is 0 Å². The summed E-state index contributed by atoms with van der Waals surface area (Å²) in [7, 11) is 0. The SMILES string of the molecule is CCCN1CCC(c2cccc(OC(C)C)c2)CC1.Cl. The van der Waals surface area contributed by atoms with Crippen molar-refractivity contribution >= 4 is 12.4 Å². The van der Waals surface area contributed by atoms with Crippen molar-refractivity contribution in [2.24, 2.45) is 0 Å². The third kappa shape index (κ3) is 4.99. The molecule has 1 heterocycles. The van der Waals surface area contributed by atoms with E-state index < -0.39 is 0 Å². The van der Waals surface area contributed by atoms with Crippen LogP contribution in [0.5, 0.6) is 5.75 Å². The molecule has 1 saturated heterocycles. The molecule has 2 rings (SSSR count). The number of nitrogens with zero attached hydrogens (tertiary/aromatic N) is 1. The average molecular weight is 298 g/mol. The molecule has 0 N–H and O–H groups in total. The maximum atomic E-state index is 5.79. The molecule has 2 nitrogen and oxygen atoms in total. The van der Waals surface area contributed by atoms with Gasteiger partial charge in [0.2, 0.25) is 0 Å². The monoisotopic (exact) mass is 297 g/mol. The van der Waals surface area contributed by atoms with E-state index in [1.165, 1.54) is 44.5 Å². The lowest BCUT2D eigenvalue weighted by Crippen LogP contribution is -2.33. The van der Waals surface area contributed by atoms with Crippen LogP contribution >= 0.6 is 12.4 Å². The number of piperidine rings is 1. The van der Waals surface area contributed by atoms with E-state index in [1.54, 1.807) is 0 Å². The molecule has 114 valence electrons. The molecule has 3 heteroatoms. The number of likely N-dealkylation sites (tertiary alicyclic amines) is 1. The van der Waals surface area contributed by atoms with Crippen LogP contribution in [0.3, 0.4) is 0 Å². The molecular weight excluding hydrogens is 270 g/mol. The van der Waals surface area contributed by atoms with Crippen LogP contribution < -0.4 is 4.74 Å². The molecule has 1 aliphatic rings. The second kappa shape index (κ2) is 8.53. The number of rotatable bonds is 5. The number of benzene rings is 1. The van der Waals surface area contributed by atoms with E-state index >= 15 is 0 Å². The second-order valence-corrected chi connectivity index (χ2v) is 5.86. The fraction of sp³-hybridized carbons (Fsp3) is 0.647. The molecule has 0 aliphatic carbocycles. The predicted octanol–water partition coefficient (Wildman–Crippen LogP) is 4.49. The van der Waals surface area contributed by atoms with Gasteiger partial charge in [-0.25, -0.2) is 0 Å². The van der Waals surface area contributed by atoms with Crippen LogP contribution in [0.1, 0.15) is 51.5 Å². The molecule has 1 aromatic rings. The number of hydrogen-bond donors (Lipinski definition) is 0. The Morgan fingerprint density at radius 1 is 1.25 bits per heavy atom. The molecule has 1 aromatic carbocycles. The summed E-state index contributed by atoms with van der Waals surface area (Å²) in [5.74, 6) is 1.73. The first-order chi connectivity index (χ1) is 9.19. The van der Waals surface area contributed by atoms with Gasteiger partial charge in [-0.1, -0.05) is 19.1 Å². The van der Waals surface area contributed by atoms with Gasteiger partial charge in [-0.05, 0) is 76.4 Å². The first kappa shape index (κ1) is 17.3. The van der Waals surface area contributed by atoms with Gasteiger partial charge in [0.15, 0.2) is 0 Å². The highest BCUT2D eigenvalue weighted by Gasteiger charge is 2.20. The number of hydrogen-bond acceptors (Lipinski definition) is 2. The fourth-order valence-electron chi connectivity index (χ4n) is 2.92. The summed E-state index contributed by atoms with van der Waals surface area (Å²) in [6.45, 7) is 10.2. The third-order valence-corrected chi connectivity index (χ3v) is 3.83. The minimum absolute atomic E-state index is 0. The molecule has 0 aromatic heterocycles. The third-order valence-electron chi connectivity index (χ3n) is 3.83. The fourth-order valence-corrected chi connectivity index (χ4v) is 2.92. The van der Waals surface area contributed by atoms with Gasteiger partial charge in [0, 0.05) is 0 Å². The summed E-state index contributed by atoms with van der Waals surface area (Å²) in [4.78, 5) is 2.59. The van der Waals surface area contributed by atoms with Gasteiger partial charge < -0.3 is 9.64 Å². The number of ether oxygens (including phenoxy) is 1. The Bertz CT molecular complexity index is 386. The maximum absolute atomic E-state index is 5.79. The van der Waals surface area contributed by atoms with Crippen LogP contribution in [-0.4, -0.2) is 30.6 Å². The van der Waals surface area contributed by atoms with E-state index in [0.29, 0.717) is 5.92 Å². The molecule has 0 unspecified atom stereocenters. The first-order valence-corrected chi connectivity index (χ1v) is 7.68. The van der Waals surface area contributed by atoms with E-state index in [9.17, 15) is 0 Å². The minimum Gasteiger partial charge on any atom is -0.491 e. The van der Waals surface area contributed by atoms with E-state index in [4.69, 9.17) is 4.74 Å². The summed E-state index contributed by atoms with van der Waals surface area (Å²) in [6.07, 6.45) is 4.08. The van der Waals surface area contributed by atoms with Gasteiger partial charge in [-0.3, -0.25) is 0 Å². The molecule has 0 spiro atoms. The summed E-state index contributed by atoms with van der Waals surface area (Å²) in [5, 5.41) is 0. The molecule has 0 saturated carbocycles. The molecule has 0 atom stereocenters. The number of halogens is 1. The lowest BCUT2D eigenvalue weighted by Gasteiger charge is -2.32. The lowest BCUT2D eigenvalue weighted by atomic mass is 9.89. The average Bonchev–Trinajstić information content (AvgIpc) is 2.39. The van der Waals surface area contributed by atoms with Crippen molar-refractivity contribution in [2.75, 3.05) is 19.6 Å². The zero-order valence-corrected chi connectivity index (χ0v) is 13.8. The highest BCUT2D eigenvalue weighted by Crippen LogP contribution is 2.30. The smallest absolute Gasteiger partial charge is 0.119 e. The summed E-state index contributed by atoms with van der Waals surface area (Å²) in [5.41, 5.74) is 1.45. The van der Waals surface area contributed by atoms with Gasteiger partial charge in [0.1, 0.15) is 5.75 Å². The van der Waals surface area contributed by atoms with Crippen LogP contribution in [0.4, 0.5) is 0 Å². The zero-order chi connectivity index (χ0) is 13.7. The van der Waals surface area contributed by atoms with E-state index in [1.807, 2.05) is 0 Å². The van der Waals surface area contributed by atoms with Crippen molar-refractivity contribution in [3.63, 3.8) is 0 Å². The Labute approximate surface area is 129 Å². The van der Waals surface area contributed by atoms with Crippen LogP contribution in [0, 0.1) is 0 Å². The van der Waals surface area contributed by atoms with Gasteiger partial charge in [0.05, 0.1) is 6.10 Å². The quantitative estimate of drug-likeness (QED) is 0.794. The van der Waals surface area contributed by atoms with Crippen molar-refractivity contribution in [1.82, 2.24) is 4.90 Å². The Kier molecular flexibility index (Phi) is 7.39. The largest absolute Gasteiger partial charge is 0.491 e. The lowest BCUT2D eigenvalue weighted by molar-refractivity contribution is 0.212. The molecule has 1 fully saturated rings. The first-order valence-electron chi connectivity index (χ1n) is 7.68. The van der Waals surface area contributed by atoms with E-state index in [-0.39, 0.29) is 18.5 Å². The Morgan fingerprint density at radius 2 is 1.95 bits per heavy atom. The van der Waals surface area contributed by atoms with E-state index in [2.05, 4.69) is 49.9 Å². The zero-order valence-electron chi connectivity index (χ0n) is 13.0. The van der Waals surface area contributed by atoms with Crippen LogP contribution in [0.25, 0.3) is 0 Å². The highest BCUT2D eigenvalue weighted by atomic mass is 35.5. The molecule has 0 radical (unpaired) electrons. The van der Waals surface area contributed by atoms with Crippen LogP contribution in [-0.2, 0) is 0 Å². The second-order valence-electron chi connectivity index (χ2n) is 5.86. The van der Waals surface area contributed by atoms with Crippen LogP contribution in [0.15, 0.2) is 24.3 Å². The van der Waals surface area contributed by atoms with E-state index in [0.717, 1.165) is 5.75 Å². The molecule has 1 aliphatic heterocycles. The van der Waals surface area contributed by atoms with Crippen molar-refractivity contribution in [3.8, 4) is 5.75 Å². The molecule has 0 amide bonds. The standard InChI is InChI=1S/C17H27NO.ClH/c1-4-10-18-11-8-15(9-12-18)16-6-5-7-17(13-16)19-14(2)3;/h5-7,13-15H,4,8-12H2,1-3H3;1H. The summed E-state index contributed by atoms with van der Waals surface area (Å²) < 4.78 is 5.79. The van der Waals surface area contributed by atoms with Crippen molar-refractivity contribution < 1.29 is 4.74 Å². The Balaban J connectivity index is 0.00000200. The topological polar surface area (TPSA) is 12.5 Å². The normalized spacial score (nSPS) is 17.0. The Morgan fingerprint density at radius 3 is 2.55 bits per heavy atom.